The SMILES string of the molecule is COC(=O)C(C)CC(O)c1cccc(OC)c1. The number of aliphatic hydroxyl groups excluding tert-OH is 1. The number of methoxy groups -OCH3 is 2. The summed E-state index contributed by atoms with van der Waals surface area (Å²) in [4.78, 5) is 11.2. The lowest BCUT2D eigenvalue weighted by Gasteiger charge is -2.15. The van der Waals surface area contributed by atoms with Crippen LogP contribution >= 0.6 is 0 Å². The fourth-order valence-corrected chi connectivity index (χ4v) is 1.62. The monoisotopic (exact) mass is 238 g/mol. The lowest BCUT2D eigenvalue weighted by Crippen LogP contribution is -2.16. The zero-order valence-corrected chi connectivity index (χ0v) is 10.3. The van der Waals surface area contributed by atoms with E-state index in [4.69, 9.17) is 4.74 Å². The van der Waals surface area contributed by atoms with Crippen LogP contribution in [0.3, 0.4) is 0 Å². The summed E-state index contributed by atoms with van der Waals surface area (Å²) in [5.41, 5.74) is 0.736. The van der Waals surface area contributed by atoms with E-state index in [1.807, 2.05) is 0 Å². The molecule has 2 unspecified atom stereocenters. The third-order valence-electron chi connectivity index (χ3n) is 2.66. The third-order valence-corrected chi connectivity index (χ3v) is 2.66. The van der Waals surface area contributed by atoms with Crippen molar-refractivity contribution in [2.24, 2.45) is 5.92 Å². The van der Waals surface area contributed by atoms with Crippen LogP contribution in [0.4, 0.5) is 0 Å². The minimum atomic E-state index is -0.695. The molecule has 1 aromatic rings. The molecule has 1 N–H and O–H groups in total. The van der Waals surface area contributed by atoms with Crippen LogP contribution in [0.15, 0.2) is 24.3 Å². The number of hydrogen-bond acceptors (Lipinski definition) is 4. The molecule has 0 amide bonds. The molecule has 0 saturated carbocycles. The van der Waals surface area contributed by atoms with Gasteiger partial charge in [-0.15, -0.1) is 0 Å². The Balaban J connectivity index is 2.68. The maximum atomic E-state index is 11.2. The molecule has 0 heterocycles. The van der Waals surface area contributed by atoms with Crippen molar-refractivity contribution in [3.8, 4) is 5.75 Å². The molecule has 0 aliphatic carbocycles. The van der Waals surface area contributed by atoms with Crippen molar-refractivity contribution in [2.75, 3.05) is 14.2 Å². The van der Waals surface area contributed by atoms with Crippen LogP contribution in [0.1, 0.15) is 25.0 Å². The Morgan fingerprint density at radius 2 is 2.12 bits per heavy atom. The van der Waals surface area contributed by atoms with Crippen LogP contribution < -0.4 is 4.74 Å². The van der Waals surface area contributed by atoms with Crippen LogP contribution in [0.2, 0.25) is 0 Å². The van der Waals surface area contributed by atoms with E-state index in [1.165, 1.54) is 7.11 Å². The highest BCUT2D eigenvalue weighted by Gasteiger charge is 2.19. The summed E-state index contributed by atoms with van der Waals surface area (Å²) in [7, 11) is 2.92. The summed E-state index contributed by atoms with van der Waals surface area (Å²) in [5.74, 6) is 0.0421. The standard InChI is InChI=1S/C13H18O4/c1-9(13(15)17-3)7-12(14)10-5-4-6-11(8-10)16-2/h4-6,8-9,12,14H,7H2,1-3H3. The molecule has 0 aliphatic rings. The number of ether oxygens (including phenoxy) is 2. The van der Waals surface area contributed by atoms with Crippen molar-refractivity contribution in [3.63, 3.8) is 0 Å². The fraction of sp³-hybridized carbons (Fsp3) is 0.462. The normalized spacial score (nSPS) is 13.9. The number of benzene rings is 1. The lowest BCUT2D eigenvalue weighted by molar-refractivity contribution is -0.145. The van der Waals surface area contributed by atoms with Crippen molar-refractivity contribution in [1.82, 2.24) is 0 Å². The molecule has 17 heavy (non-hydrogen) atoms. The van der Waals surface area contributed by atoms with Gasteiger partial charge in [-0.1, -0.05) is 19.1 Å². The zero-order valence-electron chi connectivity index (χ0n) is 10.3. The summed E-state index contributed by atoms with van der Waals surface area (Å²) in [6.07, 6.45) is -0.362. The van der Waals surface area contributed by atoms with E-state index in [2.05, 4.69) is 4.74 Å². The second-order valence-corrected chi connectivity index (χ2v) is 3.95. The van der Waals surface area contributed by atoms with Crippen LogP contribution in [0, 0.1) is 5.92 Å². The van der Waals surface area contributed by atoms with Crippen LogP contribution in [-0.2, 0) is 9.53 Å². The van der Waals surface area contributed by atoms with E-state index < -0.39 is 6.10 Å². The first-order valence-electron chi connectivity index (χ1n) is 5.48. The first kappa shape index (κ1) is 13.5. The minimum Gasteiger partial charge on any atom is -0.497 e. The van der Waals surface area contributed by atoms with E-state index in [0.717, 1.165) is 5.56 Å². The van der Waals surface area contributed by atoms with Gasteiger partial charge in [-0.25, -0.2) is 0 Å². The molecule has 0 radical (unpaired) electrons. The highest BCUT2D eigenvalue weighted by atomic mass is 16.5. The first-order valence-corrected chi connectivity index (χ1v) is 5.48. The third kappa shape index (κ3) is 3.75. The van der Waals surface area contributed by atoms with E-state index in [-0.39, 0.29) is 11.9 Å². The lowest BCUT2D eigenvalue weighted by atomic mass is 9.98. The number of carbonyl (C=O) groups excluding carboxylic acids is 1. The predicted molar refractivity (Wildman–Crippen MR) is 63.8 cm³/mol. The molecule has 1 rings (SSSR count). The number of hydrogen-bond donors (Lipinski definition) is 1. The Hall–Kier alpha value is -1.55. The average molecular weight is 238 g/mol. The number of carbonyl (C=O) groups is 1. The summed E-state index contributed by atoms with van der Waals surface area (Å²) in [6, 6.07) is 7.17. The average Bonchev–Trinajstić information content (AvgIpc) is 2.37. The van der Waals surface area contributed by atoms with Gasteiger partial charge in [0.1, 0.15) is 5.75 Å². The number of rotatable bonds is 5. The van der Waals surface area contributed by atoms with E-state index >= 15 is 0 Å². The molecular formula is C13H18O4. The molecule has 2 atom stereocenters. The van der Waals surface area contributed by atoms with Crippen LogP contribution in [0.5, 0.6) is 5.75 Å². The summed E-state index contributed by atoms with van der Waals surface area (Å²) in [5, 5.41) is 9.99. The molecule has 0 saturated heterocycles. The Morgan fingerprint density at radius 3 is 2.71 bits per heavy atom. The summed E-state index contributed by atoms with van der Waals surface area (Å²) < 4.78 is 9.69. The van der Waals surface area contributed by atoms with Gasteiger partial charge in [-0.05, 0) is 24.1 Å². The Kier molecular flexibility index (Phi) is 4.97. The van der Waals surface area contributed by atoms with Gasteiger partial charge in [0.2, 0.25) is 0 Å². The summed E-state index contributed by atoms with van der Waals surface area (Å²) in [6.45, 7) is 1.73. The molecule has 0 aromatic heterocycles. The largest absolute Gasteiger partial charge is 0.497 e. The van der Waals surface area contributed by atoms with Gasteiger partial charge in [0.15, 0.2) is 0 Å². The van der Waals surface area contributed by atoms with Gasteiger partial charge in [0.25, 0.3) is 0 Å². The quantitative estimate of drug-likeness (QED) is 0.796. The van der Waals surface area contributed by atoms with Gasteiger partial charge in [-0.2, -0.15) is 0 Å². The molecule has 4 nitrogen and oxygen atoms in total. The Bertz CT molecular complexity index is 375. The van der Waals surface area contributed by atoms with Crippen LogP contribution in [-0.4, -0.2) is 25.3 Å². The maximum Gasteiger partial charge on any atom is 0.308 e. The molecule has 94 valence electrons. The van der Waals surface area contributed by atoms with Gasteiger partial charge >= 0.3 is 5.97 Å². The van der Waals surface area contributed by atoms with Gasteiger partial charge in [0.05, 0.1) is 26.2 Å². The topological polar surface area (TPSA) is 55.8 Å². The maximum absolute atomic E-state index is 11.2. The highest BCUT2D eigenvalue weighted by Crippen LogP contribution is 2.24. The smallest absolute Gasteiger partial charge is 0.308 e. The van der Waals surface area contributed by atoms with Crippen molar-refractivity contribution < 1.29 is 19.4 Å². The minimum absolute atomic E-state index is 0.313. The zero-order chi connectivity index (χ0) is 12.8. The Labute approximate surface area is 101 Å². The van der Waals surface area contributed by atoms with Crippen molar-refractivity contribution in [3.05, 3.63) is 29.8 Å². The van der Waals surface area contributed by atoms with Crippen LogP contribution in [0.25, 0.3) is 0 Å². The highest BCUT2D eigenvalue weighted by molar-refractivity contribution is 5.71. The second kappa shape index (κ2) is 6.25. The molecule has 4 heteroatoms. The van der Waals surface area contributed by atoms with E-state index in [1.54, 1.807) is 38.3 Å². The molecule has 1 aromatic carbocycles. The first-order chi connectivity index (χ1) is 8.08. The molecule has 0 aliphatic heterocycles. The molecule has 0 bridgehead atoms. The number of esters is 1. The fourth-order valence-electron chi connectivity index (χ4n) is 1.62. The van der Waals surface area contributed by atoms with Crippen molar-refractivity contribution in [2.45, 2.75) is 19.4 Å². The van der Waals surface area contributed by atoms with E-state index in [9.17, 15) is 9.90 Å². The Morgan fingerprint density at radius 1 is 1.41 bits per heavy atom. The molecular weight excluding hydrogens is 220 g/mol. The predicted octanol–water partition coefficient (Wildman–Crippen LogP) is 1.93. The molecule has 0 fully saturated rings. The molecule has 0 spiro atoms. The van der Waals surface area contributed by atoms with Gasteiger partial charge in [-0.3, -0.25) is 4.79 Å². The number of aliphatic hydroxyl groups is 1. The second-order valence-electron chi connectivity index (χ2n) is 3.95. The van der Waals surface area contributed by atoms with Crippen molar-refractivity contribution >= 4 is 5.97 Å². The van der Waals surface area contributed by atoms with E-state index in [0.29, 0.717) is 12.2 Å². The van der Waals surface area contributed by atoms with Crippen molar-refractivity contribution in [1.29, 1.82) is 0 Å². The summed E-state index contributed by atoms with van der Waals surface area (Å²) >= 11 is 0. The van der Waals surface area contributed by atoms with Gasteiger partial charge < -0.3 is 14.6 Å². The van der Waals surface area contributed by atoms with Gasteiger partial charge in [0, 0.05) is 0 Å².